The van der Waals surface area contributed by atoms with Gasteiger partial charge in [-0.05, 0) is 61.1 Å². The molecule has 5 heteroatoms. The Morgan fingerprint density at radius 3 is 2.04 bits per heavy atom. The SMILES string of the molecule is Fc1cc(C2CCC(CCC3CCCC3)CC2)ccc1OC(F)(F)F. The Labute approximate surface area is 146 Å². The molecule has 0 spiro atoms. The lowest BCUT2D eigenvalue weighted by atomic mass is 9.76. The van der Waals surface area contributed by atoms with Crippen molar-refractivity contribution in [1.82, 2.24) is 0 Å². The molecule has 1 aromatic rings. The van der Waals surface area contributed by atoms with Crippen molar-refractivity contribution in [3.05, 3.63) is 29.6 Å². The molecule has 25 heavy (non-hydrogen) atoms. The molecule has 140 valence electrons. The molecule has 0 aromatic heterocycles. The van der Waals surface area contributed by atoms with Gasteiger partial charge in [0.15, 0.2) is 11.6 Å². The maximum Gasteiger partial charge on any atom is 0.573 e. The van der Waals surface area contributed by atoms with E-state index in [1.165, 1.54) is 44.6 Å². The van der Waals surface area contributed by atoms with E-state index in [1.54, 1.807) is 6.07 Å². The summed E-state index contributed by atoms with van der Waals surface area (Å²) >= 11 is 0. The van der Waals surface area contributed by atoms with Crippen LogP contribution in [0.1, 0.15) is 75.7 Å². The monoisotopic (exact) mass is 358 g/mol. The first kappa shape index (κ1) is 18.5. The molecule has 0 heterocycles. The summed E-state index contributed by atoms with van der Waals surface area (Å²) in [5, 5.41) is 0. The zero-order valence-electron chi connectivity index (χ0n) is 14.5. The van der Waals surface area contributed by atoms with Crippen molar-refractivity contribution in [3.8, 4) is 5.75 Å². The lowest BCUT2D eigenvalue weighted by Crippen LogP contribution is -2.18. The fourth-order valence-corrected chi connectivity index (χ4v) is 4.53. The Kier molecular flexibility index (Phi) is 5.90. The summed E-state index contributed by atoms with van der Waals surface area (Å²) in [5.41, 5.74) is 0.793. The van der Waals surface area contributed by atoms with Gasteiger partial charge >= 0.3 is 6.36 Å². The number of rotatable bonds is 5. The Morgan fingerprint density at radius 2 is 1.48 bits per heavy atom. The van der Waals surface area contributed by atoms with Gasteiger partial charge in [0.2, 0.25) is 0 Å². The second-order valence-electron chi connectivity index (χ2n) is 7.68. The highest BCUT2D eigenvalue weighted by atomic mass is 19.4. The van der Waals surface area contributed by atoms with Crippen LogP contribution in [0.4, 0.5) is 17.6 Å². The van der Waals surface area contributed by atoms with Gasteiger partial charge in [0.05, 0.1) is 0 Å². The standard InChI is InChI=1S/C20H26F4O/c21-18-13-17(11-12-19(18)25-20(22,23)24)16-9-7-15(8-10-16)6-5-14-3-1-2-4-14/h11-16H,1-10H2. The van der Waals surface area contributed by atoms with Gasteiger partial charge in [-0.1, -0.05) is 44.6 Å². The number of hydrogen-bond acceptors (Lipinski definition) is 1. The third-order valence-corrected chi connectivity index (χ3v) is 5.96. The third-order valence-electron chi connectivity index (χ3n) is 5.96. The second-order valence-corrected chi connectivity index (χ2v) is 7.68. The average molecular weight is 358 g/mol. The van der Waals surface area contributed by atoms with Crippen LogP contribution in [0, 0.1) is 17.7 Å². The predicted octanol–water partition coefficient (Wildman–Crippen LogP) is 6.97. The van der Waals surface area contributed by atoms with Crippen molar-refractivity contribution in [2.75, 3.05) is 0 Å². The second kappa shape index (κ2) is 7.96. The lowest BCUT2D eigenvalue weighted by Gasteiger charge is -2.29. The molecule has 2 aliphatic carbocycles. The van der Waals surface area contributed by atoms with E-state index in [4.69, 9.17) is 0 Å². The van der Waals surface area contributed by atoms with Crippen LogP contribution in [0.15, 0.2) is 18.2 Å². The van der Waals surface area contributed by atoms with Crippen LogP contribution in [-0.4, -0.2) is 6.36 Å². The van der Waals surface area contributed by atoms with Gasteiger partial charge in [-0.15, -0.1) is 13.2 Å². The van der Waals surface area contributed by atoms with Gasteiger partial charge in [-0.25, -0.2) is 4.39 Å². The smallest absolute Gasteiger partial charge is 0.403 e. The van der Waals surface area contributed by atoms with E-state index < -0.39 is 17.9 Å². The quantitative estimate of drug-likeness (QED) is 0.517. The highest BCUT2D eigenvalue weighted by Gasteiger charge is 2.32. The highest BCUT2D eigenvalue weighted by Crippen LogP contribution is 2.40. The lowest BCUT2D eigenvalue weighted by molar-refractivity contribution is -0.275. The van der Waals surface area contributed by atoms with E-state index in [-0.39, 0.29) is 5.92 Å². The zero-order valence-corrected chi connectivity index (χ0v) is 14.5. The molecule has 0 unspecified atom stereocenters. The topological polar surface area (TPSA) is 9.23 Å². The minimum Gasteiger partial charge on any atom is -0.403 e. The summed E-state index contributed by atoms with van der Waals surface area (Å²) in [7, 11) is 0. The largest absolute Gasteiger partial charge is 0.573 e. The highest BCUT2D eigenvalue weighted by molar-refractivity contribution is 5.31. The minimum absolute atomic E-state index is 0.247. The van der Waals surface area contributed by atoms with Gasteiger partial charge in [0, 0.05) is 0 Å². The van der Waals surface area contributed by atoms with Crippen LogP contribution in [-0.2, 0) is 0 Å². The number of halogens is 4. The van der Waals surface area contributed by atoms with Crippen molar-refractivity contribution in [2.45, 2.75) is 76.5 Å². The Morgan fingerprint density at radius 1 is 0.880 bits per heavy atom. The number of benzene rings is 1. The predicted molar refractivity (Wildman–Crippen MR) is 89.0 cm³/mol. The normalized spacial score (nSPS) is 25.3. The molecule has 0 amide bonds. The molecule has 1 aromatic carbocycles. The van der Waals surface area contributed by atoms with Crippen molar-refractivity contribution in [2.24, 2.45) is 11.8 Å². The van der Waals surface area contributed by atoms with Gasteiger partial charge in [0.1, 0.15) is 0 Å². The number of ether oxygens (including phenoxy) is 1. The third kappa shape index (κ3) is 5.35. The van der Waals surface area contributed by atoms with E-state index in [2.05, 4.69) is 4.74 Å². The fourth-order valence-electron chi connectivity index (χ4n) is 4.53. The molecule has 1 nitrogen and oxygen atoms in total. The molecular weight excluding hydrogens is 332 g/mol. The fraction of sp³-hybridized carbons (Fsp3) is 0.700. The van der Waals surface area contributed by atoms with Crippen LogP contribution >= 0.6 is 0 Å². The van der Waals surface area contributed by atoms with Gasteiger partial charge in [-0.2, -0.15) is 0 Å². The maximum atomic E-state index is 13.9. The molecule has 0 aliphatic heterocycles. The molecule has 0 N–H and O–H groups in total. The van der Waals surface area contributed by atoms with Gasteiger partial charge < -0.3 is 4.74 Å². The van der Waals surface area contributed by atoms with E-state index in [9.17, 15) is 17.6 Å². The Bertz CT molecular complexity index is 555. The van der Waals surface area contributed by atoms with Crippen molar-refractivity contribution in [1.29, 1.82) is 0 Å². The van der Waals surface area contributed by atoms with Crippen LogP contribution < -0.4 is 4.74 Å². The summed E-state index contributed by atoms with van der Waals surface area (Å²) in [6.45, 7) is 0. The van der Waals surface area contributed by atoms with E-state index >= 15 is 0 Å². The summed E-state index contributed by atoms with van der Waals surface area (Å²) in [5.74, 6) is 0.249. The van der Waals surface area contributed by atoms with Gasteiger partial charge in [-0.3, -0.25) is 0 Å². The summed E-state index contributed by atoms with van der Waals surface area (Å²) in [6, 6.07) is 3.89. The summed E-state index contributed by atoms with van der Waals surface area (Å²) in [6.07, 6.45) is 7.59. The van der Waals surface area contributed by atoms with Gasteiger partial charge in [0.25, 0.3) is 0 Å². The zero-order chi connectivity index (χ0) is 17.9. The van der Waals surface area contributed by atoms with Crippen LogP contribution in [0.5, 0.6) is 5.75 Å². The van der Waals surface area contributed by atoms with E-state index in [1.807, 2.05) is 0 Å². The number of alkyl halides is 3. The molecule has 0 bridgehead atoms. The van der Waals surface area contributed by atoms with E-state index in [0.29, 0.717) is 0 Å². The van der Waals surface area contributed by atoms with Crippen LogP contribution in [0.3, 0.4) is 0 Å². The maximum absolute atomic E-state index is 13.9. The van der Waals surface area contributed by atoms with Crippen LogP contribution in [0.25, 0.3) is 0 Å². The Hall–Kier alpha value is -1.26. The summed E-state index contributed by atoms with van der Waals surface area (Å²) in [4.78, 5) is 0. The first-order chi connectivity index (χ1) is 11.9. The molecule has 2 aliphatic rings. The molecule has 2 saturated carbocycles. The molecular formula is C20H26F4O. The first-order valence-corrected chi connectivity index (χ1v) is 9.46. The molecule has 2 fully saturated rings. The van der Waals surface area contributed by atoms with Crippen molar-refractivity contribution in [3.63, 3.8) is 0 Å². The number of hydrogen-bond donors (Lipinski definition) is 0. The molecule has 0 saturated heterocycles. The molecule has 0 radical (unpaired) electrons. The van der Waals surface area contributed by atoms with Crippen molar-refractivity contribution < 1.29 is 22.3 Å². The Balaban J connectivity index is 1.49. The minimum atomic E-state index is -4.86. The summed E-state index contributed by atoms with van der Waals surface area (Å²) < 4.78 is 54.2. The molecule has 3 rings (SSSR count). The van der Waals surface area contributed by atoms with Crippen molar-refractivity contribution >= 4 is 0 Å². The van der Waals surface area contributed by atoms with E-state index in [0.717, 1.165) is 49.1 Å². The molecule has 0 atom stereocenters. The van der Waals surface area contributed by atoms with Crippen LogP contribution in [0.2, 0.25) is 0 Å². The first-order valence-electron chi connectivity index (χ1n) is 9.46. The average Bonchev–Trinajstić information content (AvgIpc) is 3.08.